The molecule has 2 aromatic carbocycles. The Morgan fingerprint density at radius 1 is 1.12 bits per heavy atom. The van der Waals surface area contributed by atoms with Gasteiger partial charge in [0.1, 0.15) is 17.7 Å². The summed E-state index contributed by atoms with van der Waals surface area (Å²) in [5.41, 5.74) is 6.58. The Kier molecular flexibility index (Phi) is 3.28. The van der Waals surface area contributed by atoms with Gasteiger partial charge in [-0.3, -0.25) is 0 Å². The molecule has 2 aromatic rings. The van der Waals surface area contributed by atoms with Gasteiger partial charge in [0.05, 0.1) is 5.69 Å². The van der Waals surface area contributed by atoms with Crippen LogP contribution in [-0.4, -0.2) is 0 Å². The van der Waals surface area contributed by atoms with Crippen LogP contribution in [0.3, 0.4) is 0 Å². The minimum atomic E-state index is -0.456. The second kappa shape index (κ2) is 4.87. The maximum absolute atomic E-state index is 13.2. The lowest BCUT2D eigenvalue weighted by molar-refractivity contribution is 0.226. The molecule has 0 saturated heterocycles. The zero-order chi connectivity index (χ0) is 12.3. The topological polar surface area (TPSA) is 35.2 Å². The highest BCUT2D eigenvalue weighted by atomic mass is 19.1. The molecule has 0 aromatic heterocycles. The van der Waals surface area contributed by atoms with Crippen molar-refractivity contribution in [1.82, 2.24) is 0 Å². The summed E-state index contributed by atoms with van der Waals surface area (Å²) in [5, 5.41) is 0. The van der Waals surface area contributed by atoms with Gasteiger partial charge in [-0.25, -0.2) is 4.39 Å². The van der Waals surface area contributed by atoms with E-state index >= 15 is 0 Å². The molecule has 0 saturated carbocycles. The van der Waals surface area contributed by atoms with Gasteiger partial charge in [0.25, 0.3) is 0 Å². The summed E-state index contributed by atoms with van der Waals surface area (Å²) in [6.07, 6.45) is -0.126. The first-order chi connectivity index (χ1) is 8.16. The van der Waals surface area contributed by atoms with E-state index in [-0.39, 0.29) is 11.8 Å². The highest BCUT2D eigenvalue weighted by molar-refractivity contribution is 5.43. The van der Waals surface area contributed by atoms with Crippen LogP contribution < -0.4 is 10.5 Å². The minimum Gasteiger partial charge on any atom is -0.486 e. The van der Waals surface area contributed by atoms with E-state index in [2.05, 4.69) is 0 Å². The van der Waals surface area contributed by atoms with Gasteiger partial charge in [0.15, 0.2) is 0 Å². The van der Waals surface area contributed by atoms with Crippen molar-refractivity contribution in [2.45, 2.75) is 13.0 Å². The van der Waals surface area contributed by atoms with Crippen LogP contribution in [0.1, 0.15) is 18.6 Å². The summed E-state index contributed by atoms with van der Waals surface area (Å²) in [6, 6.07) is 14.2. The molecule has 0 aliphatic heterocycles. The highest BCUT2D eigenvalue weighted by Crippen LogP contribution is 2.24. The Hall–Kier alpha value is -2.03. The van der Waals surface area contributed by atoms with Crippen molar-refractivity contribution in [3.8, 4) is 5.75 Å². The number of hydrogen-bond acceptors (Lipinski definition) is 2. The number of rotatable bonds is 3. The van der Waals surface area contributed by atoms with Gasteiger partial charge in [0, 0.05) is 6.07 Å². The average Bonchev–Trinajstić information content (AvgIpc) is 2.35. The van der Waals surface area contributed by atoms with E-state index in [0.717, 1.165) is 5.56 Å². The molecular weight excluding hydrogens is 217 g/mol. The van der Waals surface area contributed by atoms with Crippen LogP contribution in [0.25, 0.3) is 0 Å². The van der Waals surface area contributed by atoms with E-state index in [1.54, 1.807) is 6.07 Å². The molecule has 2 rings (SSSR count). The summed E-state index contributed by atoms with van der Waals surface area (Å²) in [7, 11) is 0. The van der Waals surface area contributed by atoms with E-state index in [1.165, 1.54) is 12.1 Å². The van der Waals surface area contributed by atoms with E-state index in [1.807, 2.05) is 37.3 Å². The quantitative estimate of drug-likeness (QED) is 0.820. The molecule has 2 nitrogen and oxygen atoms in total. The largest absolute Gasteiger partial charge is 0.486 e. The Balaban J connectivity index is 2.13. The normalized spacial score (nSPS) is 12.1. The molecule has 0 fully saturated rings. The smallest absolute Gasteiger partial charge is 0.149 e. The van der Waals surface area contributed by atoms with Crippen molar-refractivity contribution in [3.05, 3.63) is 59.9 Å². The first-order valence-corrected chi connectivity index (χ1v) is 5.43. The maximum Gasteiger partial charge on any atom is 0.149 e. The SMILES string of the molecule is CC(Oc1ccc(N)c(F)c1)c1ccccc1. The van der Waals surface area contributed by atoms with Gasteiger partial charge in [0.2, 0.25) is 0 Å². The third kappa shape index (κ3) is 2.75. The zero-order valence-electron chi connectivity index (χ0n) is 9.56. The minimum absolute atomic E-state index is 0.126. The molecule has 17 heavy (non-hydrogen) atoms. The molecule has 1 atom stereocenters. The van der Waals surface area contributed by atoms with Gasteiger partial charge in [-0.1, -0.05) is 30.3 Å². The van der Waals surface area contributed by atoms with E-state index in [0.29, 0.717) is 5.75 Å². The molecule has 0 aliphatic carbocycles. The average molecular weight is 231 g/mol. The lowest BCUT2D eigenvalue weighted by Crippen LogP contribution is -2.03. The van der Waals surface area contributed by atoms with E-state index in [9.17, 15) is 4.39 Å². The number of halogens is 1. The van der Waals surface area contributed by atoms with Crippen LogP contribution in [0.15, 0.2) is 48.5 Å². The molecule has 0 spiro atoms. The van der Waals surface area contributed by atoms with Crippen molar-refractivity contribution in [1.29, 1.82) is 0 Å². The molecule has 2 N–H and O–H groups in total. The Morgan fingerprint density at radius 3 is 2.47 bits per heavy atom. The zero-order valence-corrected chi connectivity index (χ0v) is 9.56. The molecule has 1 unspecified atom stereocenters. The van der Waals surface area contributed by atoms with Gasteiger partial charge in [-0.2, -0.15) is 0 Å². The Labute approximate surface area is 99.8 Å². The number of anilines is 1. The number of ether oxygens (including phenoxy) is 1. The highest BCUT2D eigenvalue weighted by Gasteiger charge is 2.08. The fourth-order valence-electron chi connectivity index (χ4n) is 1.58. The second-order valence-corrected chi connectivity index (χ2v) is 3.85. The van der Waals surface area contributed by atoms with Crippen molar-refractivity contribution in [2.75, 3.05) is 5.73 Å². The van der Waals surface area contributed by atoms with E-state index < -0.39 is 5.82 Å². The van der Waals surface area contributed by atoms with Crippen LogP contribution in [0, 0.1) is 5.82 Å². The molecule has 0 radical (unpaired) electrons. The molecule has 0 amide bonds. The van der Waals surface area contributed by atoms with Gasteiger partial charge in [-0.05, 0) is 24.6 Å². The standard InChI is InChI=1S/C14H14FNO/c1-10(11-5-3-2-4-6-11)17-12-7-8-14(16)13(15)9-12/h2-10H,16H2,1H3. The van der Waals surface area contributed by atoms with Gasteiger partial charge < -0.3 is 10.5 Å². The summed E-state index contributed by atoms with van der Waals surface area (Å²) in [5.74, 6) is 0.0239. The summed E-state index contributed by atoms with van der Waals surface area (Å²) in [4.78, 5) is 0. The number of nitrogen functional groups attached to an aromatic ring is 1. The third-order valence-corrected chi connectivity index (χ3v) is 2.55. The summed E-state index contributed by atoms with van der Waals surface area (Å²) < 4.78 is 18.9. The molecule has 0 aliphatic rings. The number of hydrogen-bond donors (Lipinski definition) is 1. The number of benzene rings is 2. The van der Waals surface area contributed by atoms with Crippen molar-refractivity contribution < 1.29 is 9.13 Å². The van der Waals surface area contributed by atoms with Crippen LogP contribution >= 0.6 is 0 Å². The van der Waals surface area contributed by atoms with Crippen LogP contribution in [0.2, 0.25) is 0 Å². The second-order valence-electron chi connectivity index (χ2n) is 3.85. The van der Waals surface area contributed by atoms with Gasteiger partial charge >= 0.3 is 0 Å². The first-order valence-electron chi connectivity index (χ1n) is 5.43. The monoisotopic (exact) mass is 231 g/mol. The maximum atomic E-state index is 13.2. The molecular formula is C14H14FNO. The van der Waals surface area contributed by atoms with Crippen molar-refractivity contribution >= 4 is 5.69 Å². The predicted molar refractivity (Wildman–Crippen MR) is 66.3 cm³/mol. The third-order valence-electron chi connectivity index (χ3n) is 2.55. The van der Waals surface area contributed by atoms with Gasteiger partial charge in [-0.15, -0.1) is 0 Å². The predicted octanol–water partition coefficient (Wildman–Crippen LogP) is 3.55. The fraction of sp³-hybridized carbons (Fsp3) is 0.143. The summed E-state index contributed by atoms with van der Waals surface area (Å²) in [6.45, 7) is 1.92. The molecule has 88 valence electrons. The van der Waals surface area contributed by atoms with E-state index in [4.69, 9.17) is 10.5 Å². The lowest BCUT2D eigenvalue weighted by atomic mass is 10.1. The lowest BCUT2D eigenvalue weighted by Gasteiger charge is -2.15. The molecule has 3 heteroatoms. The van der Waals surface area contributed by atoms with Crippen molar-refractivity contribution in [3.63, 3.8) is 0 Å². The first kappa shape index (κ1) is 11.5. The molecule has 0 bridgehead atoms. The van der Waals surface area contributed by atoms with Crippen LogP contribution in [0.5, 0.6) is 5.75 Å². The Bertz CT molecular complexity index is 499. The Morgan fingerprint density at radius 2 is 1.82 bits per heavy atom. The molecule has 0 heterocycles. The fourth-order valence-corrected chi connectivity index (χ4v) is 1.58. The van der Waals surface area contributed by atoms with Crippen LogP contribution in [0.4, 0.5) is 10.1 Å². The van der Waals surface area contributed by atoms with Crippen LogP contribution in [-0.2, 0) is 0 Å². The number of nitrogens with two attached hydrogens (primary N) is 1. The van der Waals surface area contributed by atoms with Crippen molar-refractivity contribution in [2.24, 2.45) is 0 Å². The summed E-state index contributed by atoms with van der Waals surface area (Å²) >= 11 is 0.